The molecule has 3 aromatic rings. The van der Waals surface area contributed by atoms with Crippen LogP contribution in [-0.2, 0) is 0 Å². The molecule has 0 bridgehead atoms. The van der Waals surface area contributed by atoms with Crippen molar-refractivity contribution in [2.24, 2.45) is 5.10 Å². The Hall–Kier alpha value is -3.24. The topological polar surface area (TPSA) is 110 Å². The second kappa shape index (κ2) is 8.63. The van der Waals surface area contributed by atoms with E-state index in [1.165, 1.54) is 29.1 Å². The van der Waals surface area contributed by atoms with Crippen LogP contribution in [0.2, 0.25) is 5.02 Å². The van der Waals surface area contributed by atoms with Crippen LogP contribution in [0.15, 0.2) is 47.6 Å². The van der Waals surface area contributed by atoms with Crippen LogP contribution in [0.3, 0.4) is 0 Å². The third-order valence-electron chi connectivity index (χ3n) is 3.65. The molecule has 144 valence electrons. The SMILES string of the molecule is CCOc1ccc(-c2n[nH]c(=S)n2N/N=C/c2cc([N+](=O)[O-])ccc2Cl)cc1. The number of rotatable bonds is 7. The number of hydrazone groups is 1. The summed E-state index contributed by atoms with van der Waals surface area (Å²) in [4.78, 5) is 10.4. The molecule has 2 N–H and O–H groups in total. The number of ether oxygens (including phenoxy) is 1. The molecule has 0 atom stereocenters. The third-order valence-corrected chi connectivity index (χ3v) is 4.27. The van der Waals surface area contributed by atoms with Gasteiger partial charge >= 0.3 is 0 Å². The minimum Gasteiger partial charge on any atom is -0.494 e. The molecule has 0 aliphatic rings. The average molecular weight is 419 g/mol. The van der Waals surface area contributed by atoms with Gasteiger partial charge < -0.3 is 4.74 Å². The van der Waals surface area contributed by atoms with E-state index in [1.54, 1.807) is 0 Å². The van der Waals surface area contributed by atoms with Gasteiger partial charge in [-0.15, -0.1) is 0 Å². The molecule has 0 saturated carbocycles. The Morgan fingerprint density at radius 2 is 2.14 bits per heavy atom. The van der Waals surface area contributed by atoms with E-state index in [0.29, 0.717) is 27.8 Å². The van der Waals surface area contributed by atoms with Crippen molar-refractivity contribution in [1.29, 1.82) is 0 Å². The lowest BCUT2D eigenvalue weighted by molar-refractivity contribution is -0.384. The van der Waals surface area contributed by atoms with Crippen LogP contribution in [0.4, 0.5) is 5.69 Å². The molecule has 0 amide bonds. The van der Waals surface area contributed by atoms with Crippen LogP contribution in [-0.4, -0.2) is 32.6 Å². The highest BCUT2D eigenvalue weighted by molar-refractivity contribution is 7.71. The first-order valence-electron chi connectivity index (χ1n) is 8.13. The number of nitrogens with zero attached hydrogens (tertiary/aromatic N) is 4. The smallest absolute Gasteiger partial charge is 0.270 e. The second-order valence-corrected chi connectivity index (χ2v) is 6.26. The number of nitro groups is 1. The molecule has 9 nitrogen and oxygen atoms in total. The van der Waals surface area contributed by atoms with Crippen LogP contribution < -0.4 is 10.3 Å². The summed E-state index contributed by atoms with van der Waals surface area (Å²) in [6.07, 6.45) is 1.37. The molecular formula is C17H15ClN6O3S. The standard InChI is InChI=1S/C17H15ClN6O3S/c1-2-27-14-6-3-11(4-7-14)16-20-21-17(28)23(16)22-19-10-12-9-13(24(25)26)5-8-15(12)18/h3-10,22H,2H2,1H3,(H,21,28)/b19-10+. The second-order valence-electron chi connectivity index (χ2n) is 5.47. The quantitative estimate of drug-likeness (QED) is 0.258. The van der Waals surface area contributed by atoms with Crippen molar-refractivity contribution in [3.8, 4) is 17.1 Å². The summed E-state index contributed by atoms with van der Waals surface area (Å²) in [6.45, 7) is 2.49. The van der Waals surface area contributed by atoms with E-state index in [4.69, 9.17) is 28.6 Å². The summed E-state index contributed by atoms with van der Waals surface area (Å²) < 4.78 is 7.19. The van der Waals surface area contributed by atoms with Gasteiger partial charge in [-0.05, 0) is 49.5 Å². The minimum absolute atomic E-state index is 0.0825. The van der Waals surface area contributed by atoms with Crippen molar-refractivity contribution in [2.75, 3.05) is 12.1 Å². The van der Waals surface area contributed by atoms with Gasteiger partial charge in [0.25, 0.3) is 5.69 Å². The highest BCUT2D eigenvalue weighted by Gasteiger charge is 2.10. The summed E-state index contributed by atoms with van der Waals surface area (Å²) in [6, 6.07) is 11.4. The number of hydrogen-bond donors (Lipinski definition) is 2. The highest BCUT2D eigenvalue weighted by atomic mass is 35.5. The fraction of sp³-hybridized carbons (Fsp3) is 0.118. The van der Waals surface area contributed by atoms with E-state index in [-0.39, 0.29) is 5.69 Å². The Morgan fingerprint density at radius 1 is 1.39 bits per heavy atom. The molecule has 0 saturated heterocycles. The summed E-state index contributed by atoms with van der Waals surface area (Å²) in [7, 11) is 0. The number of hydrogen-bond acceptors (Lipinski definition) is 7. The maximum absolute atomic E-state index is 10.9. The molecule has 0 radical (unpaired) electrons. The lowest BCUT2D eigenvalue weighted by Gasteiger charge is -2.07. The molecule has 0 aliphatic heterocycles. The Morgan fingerprint density at radius 3 is 2.82 bits per heavy atom. The van der Waals surface area contributed by atoms with E-state index >= 15 is 0 Å². The first kappa shape index (κ1) is 19.5. The van der Waals surface area contributed by atoms with Gasteiger partial charge in [0, 0.05) is 28.3 Å². The highest BCUT2D eigenvalue weighted by Crippen LogP contribution is 2.22. The van der Waals surface area contributed by atoms with E-state index in [0.717, 1.165) is 11.3 Å². The fourth-order valence-electron chi connectivity index (χ4n) is 2.35. The fourth-order valence-corrected chi connectivity index (χ4v) is 2.69. The van der Waals surface area contributed by atoms with Crippen molar-refractivity contribution in [3.05, 3.63) is 67.9 Å². The van der Waals surface area contributed by atoms with E-state index in [2.05, 4.69) is 20.8 Å². The number of nitro benzene ring substituents is 1. The van der Waals surface area contributed by atoms with Gasteiger partial charge in [-0.2, -0.15) is 14.9 Å². The predicted molar refractivity (Wildman–Crippen MR) is 109 cm³/mol. The maximum Gasteiger partial charge on any atom is 0.270 e. The van der Waals surface area contributed by atoms with Crippen LogP contribution in [0.25, 0.3) is 11.4 Å². The zero-order valence-corrected chi connectivity index (χ0v) is 16.2. The molecule has 3 rings (SSSR count). The van der Waals surface area contributed by atoms with Gasteiger partial charge in [0.2, 0.25) is 4.77 Å². The molecule has 0 unspecified atom stereocenters. The summed E-state index contributed by atoms with van der Waals surface area (Å²) in [5.41, 5.74) is 3.84. The summed E-state index contributed by atoms with van der Waals surface area (Å²) >= 11 is 11.3. The number of benzene rings is 2. The third kappa shape index (κ3) is 4.35. The first-order chi connectivity index (χ1) is 13.5. The molecule has 1 aromatic heterocycles. The average Bonchev–Trinajstić information content (AvgIpc) is 3.04. The monoisotopic (exact) mass is 418 g/mol. The van der Waals surface area contributed by atoms with E-state index in [9.17, 15) is 10.1 Å². The Labute approximate surface area is 169 Å². The van der Waals surface area contributed by atoms with Crippen LogP contribution >= 0.6 is 23.8 Å². The first-order valence-corrected chi connectivity index (χ1v) is 8.92. The van der Waals surface area contributed by atoms with Gasteiger partial charge in [-0.25, -0.2) is 10.6 Å². The summed E-state index contributed by atoms with van der Waals surface area (Å²) in [5, 5.41) is 22.2. The number of aromatic nitrogens is 3. The zero-order valence-electron chi connectivity index (χ0n) is 14.6. The van der Waals surface area contributed by atoms with E-state index < -0.39 is 4.92 Å². The number of aromatic amines is 1. The van der Waals surface area contributed by atoms with Crippen molar-refractivity contribution < 1.29 is 9.66 Å². The van der Waals surface area contributed by atoms with Gasteiger partial charge in [-0.1, -0.05) is 11.6 Å². The lowest BCUT2D eigenvalue weighted by atomic mass is 10.2. The van der Waals surface area contributed by atoms with Crippen molar-refractivity contribution >= 4 is 35.7 Å². The Kier molecular flexibility index (Phi) is 6.02. The van der Waals surface area contributed by atoms with Gasteiger partial charge in [0.1, 0.15) is 5.75 Å². The maximum atomic E-state index is 10.9. The molecule has 2 aromatic carbocycles. The normalized spacial score (nSPS) is 10.9. The Bertz CT molecular complexity index is 1080. The number of nitrogens with one attached hydrogen (secondary N) is 2. The van der Waals surface area contributed by atoms with Crippen molar-refractivity contribution in [1.82, 2.24) is 14.9 Å². The summed E-state index contributed by atoms with van der Waals surface area (Å²) in [5.74, 6) is 1.26. The van der Waals surface area contributed by atoms with Gasteiger partial charge in [0.15, 0.2) is 5.82 Å². The number of H-pyrrole nitrogens is 1. The molecule has 0 aliphatic carbocycles. The zero-order chi connectivity index (χ0) is 20.1. The molecule has 0 fully saturated rings. The van der Waals surface area contributed by atoms with Crippen molar-refractivity contribution in [3.63, 3.8) is 0 Å². The molecule has 0 spiro atoms. The van der Waals surface area contributed by atoms with Gasteiger partial charge in [0.05, 0.1) is 17.7 Å². The number of halogens is 1. The predicted octanol–water partition coefficient (Wildman–Crippen LogP) is 4.15. The molecule has 1 heterocycles. The van der Waals surface area contributed by atoms with E-state index in [1.807, 2.05) is 31.2 Å². The van der Waals surface area contributed by atoms with Crippen LogP contribution in [0.5, 0.6) is 5.75 Å². The van der Waals surface area contributed by atoms with Gasteiger partial charge in [-0.3, -0.25) is 10.1 Å². The molecular weight excluding hydrogens is 404 g/mol. The lowest BCUT2D eigenvalue weighted by Crippen LogP contribution is -2.10. The largest absolute Gasteiger partial charge is 0.494 e. The molecule has 28 heavy (non-hydrogen) atoms. The van der Waals surface area contributed by atoms with Crippen LogP contribution in [0, 0.1) is 14.9 Å². The Balaban J connectivity index is 1.83. The molecule has 11 heteroatoms. The van der Waals surface area contributed by atoms with Crippen molar-refractivity contribution in [2.45, 2.75) is 6.92 Å². The minimum atomic E-state index is -0.503. The number of non-ortho nitro benzene ring substituents is 1. The van der Waals surface area contributed by atoms with Crippen LogP contribution in [0.1, 0.15) is 12.5 Å².